The van der Waals surface area contributed by atoms with E-state index >= 15 is 0 Å². The van der Waals surface area contributed by atoms with E-state index in [1.54, 1.807) is 18.2 Å². The Morgan fingerprint density at radius 1 is 1.00 bits per heavy atom. The van der Waals surface area contributed by atoms with Crippen LogP contribution in [0, 0.1) is 13.8 Å². The van der Waals surface area contributed by atoms with E-state index < -0.39 is 5.56 Å². The third kappa shape index (κ3) is 4.47. The molecule has 0 atom stereocenters. The van der Waals surface area contributed by atoms with Gasteiger partial charge in [-0.05, 0) is 43.0 Å². The lowest BCUT2D eigenvalue weighted by molar-refractivity contribution is -0.117. The van der Waals surface area contributed by atoms with Crippen LogP contribution in [-0.2, 0) is 24.3 Å². The molecular formula is C26H27N5O3. The molecule has 0 aliphatic rings. The largest absolute Gasteiger partial charge is 0.348 e. The predicted molar refractivity (Wildman–Crippen MR) is 131 cm³/mol. The summed E-state index contributed by atoms with van der Waals surface area (Å²) in [5, 5.41) is 9.95. The van der Waals surface area contributed by atoms with Gasteiger partial charge in [0.05, 0.1) is 5.56 Å². The van der Waals surface area contributed by atoms with E-state index in [0.29, 0.717) is 28.9 Å². The Balaban J connectivity index is 1.58. The molecule has 34 heavy (non-hydrogen) atoms. The van der Waals surface area contributed by atoms with Crippen LogP contribution < -0.4 is 16.2 Å². The number of nitrogens with one attached hydrogen (secondary N) is 2. The van der Waals surface area contributed by atoms with E-state index in [2.05, 4.69) is 15.7 Å². The minimum absolute atomic E-state index is 0.230. The van der Waals surface area contributed by atoms with Crippen molar-refractivity contribution in [3.63, 3.8) is 0 Å². The molecule has 4 rings (SSSR count). The van der Waals surface area contributed by atoms with Crippen molar-refractivity contribution < 1.29 is 9.59 Å². The van der Waals surface area contributed by atoms with Crippen molar-refractivity contribution in [3.8, 4) is 0 Å². The molecule has 8 nitrogen and oxygen atoms in total. The summed E-state index contributed by atoms with van der Waals surface area (Å²) in [6.45, 7) is 5.68. The maximum Gasteiger partial charge on any atom is 0.291 e. The fourth-order valence-corrected chi connectivity index (χ4v) is 4.15. The summed E-state index contributed by atoms with van der Waals surface area (Å²) >= 11 is 0. The summed E-state index contributed by atoms with van der Waals surface area (Å²) < 4.78 is 2.73. The molecule has 8 heteroatoms. The molecule has 174 valence electrons. The van der Waals surface area contributed by atoms with Crippen molar-refractivity contribution >= 4 is 23.0 Å². The first-order valence-electron chi connectivity index (χ1n) is 11.2. The Labute approximate surface area is 197 Å². The van der Waals surface area contributed by atoms with Crippen molar-refractivity contribution in [3.05, 3.63) is 99.2 Å². The number of fused-ring (bicyclic) bond motifs is 1. The first-order chi connectivity index (χ1) is 16.4. The standard InChI is InChI=1S/C26H27N5O3/c1-4-20-12-8-9-13-21(20)29-22(32)15-31-26(34)24-17(2)23(18(3)30(24)16-28-31)25(33)27-14-19-10-6-5-7-11-19/h5-13,16H,4,14-15H2,1-3H3,(H,27,33)(H,29,32). The van der Waals surface area contributed by atoms with Crippen LogP contribution in [-0.4, -0.2) is 26.0 Å². The second kappa shape index (κ2) is 9.74. The third-order valence-corrected chi connectivity index (χ3v) is 5.93. The molecule has 2 aromatic carbocycles. The number of para-hydroxylation sites is 1. The van der Waals surface area contributed by atoms with Gasteiger partial charge in [0.25, 0.3) is 11.5 Å². The van der Waals surface area contributed by atoms with Gasteiger partial charge in [-0.1, -0.05) is 55.5 Å². The van der Waals surface area contributed by atoms with Gasteiger partial charge in [0.2, 0.25) is 5.91 Å². The van der Waals surface area contributed by atoms with Gasteiger partial charge < -0.3 is 10.6 Å². The highest BCUT2D eigenvalue weighted by Crippen LogP contribution is 2.20. The fraction of sp³-hybridized carbons (Fsp3) is 0.231. The smallest absolute Gasteiger partial charge is 0.291 e. The second-order valence-electron chi connectivity index (χ2n) is 8.12. The van der Waals surface area contributed by atoms with E-state index in [1.165, 1.54) is 6.33 Å². The molecule has 0 fully saturated rings. The molecule has 0 bridgehead atoms. The monoisotopic (exact) mass is 457 g/mol. The van der Waals surface area contributed by atoms with Crippen molar-refractivity contribution in [2.45, 2.75) is 40.3 Å². The zero-order valence-corrected chi connectivity index (χ0v) is 19.5. The summed E-state index contributed by atoms with van der Waals surface area (Å²) in [5.41, 5.74) is 4.23. The average molecular weight is 458 g/mol. The number of hydrogen-bond acceptors (Lipinski definition) is 4. The minimum Gasteiger partial charge on any atom is -0.348 e. The maximum absolute atomic E-state index is 13.2. The highest BCUT2D eigenvalue weighted by molar-refractivity contribution is 5.99. The average Bonchev–Trinajstić information content (AvgIpc) is 3.10. The van der Waals surface area contributed by atoms with Crippen molar-refractivity contribution in [1.29, 1.82) is 0 Å². The first kappa shape index (κ1) is 23.0. The lowest BCUT2D eigenvalue weighted by Crippen LogP contribution is -2.31. The molecule has 0 radical (unpaired) electrons. The molecule has 0 aliphatic heterocycles. The number of rotatable bonds is 7. The maximum atomic E-state index is 13.2. The molecule has 4 aromatic rings. The molecule has 0 spiro atoms. The Morgan fingerprint density at radius 3 is 2.44 bits per heavy atom. The zero-order chi connectivity index (χ0) is 24.2. The predicted octanol–water partition coefficient (Wildman–Crippen LogP) is 3.24. The van der Waals surface area contributed by atoms with Gasteiger partial charge in [0, 0.05) is 17.9 Å². The molecule has 2 N–H and O–H groups in total. The summed E-state index contributed by atoms with van der Waals surface area (Å²) in [5.74, 6) is -0.607. The van der Waals surface area contributed by atoms with Crippen LogP contribution in [0.25, 0.3) is 5.52 Å². The second-order valence-corrected chi connectivity index (χ2v) is 8.12. The third-order valence-electron chi connectivity index (χ3n) is 5.93. The molecule has 2 heterocycles. The molecule has 0 saturated heterocycles. The minimum atomic E-state index is -0.427. The summed E-state index contributed by atoms with van der Waals surface area (Å²) in [6.07, 6.45) is 2.25. The van der Waals surface area contributed by atoms with Gasteiger partial charge in [-0.25, -0.2) is 4.68 Å². The van der Waals surface area contributed by atoms with Gasteiger partial charge in [-0.2, -0.15) is 5.10 Å². The van der Waals surface area contributed by atoms with E-state index in [-0.39, 0.29) is 18.4 Å². The van der Waals surface area contributed by atoms with E-state index in [0.717, 1.165) is 27.9 Å². The SMILES string of the molecule is CCc1ccccc1NC(=O)Cn1ncn2c(C)c(C(=O)NCc3ccccc3)c(C)c2c1=O. The highest BCUT2D eigenvalue weighted by Gasteiger charge is 2.22. The molecule has 0 aliphatic carbocycles. The topological polar surface area (TPSA) is 97.5 Å². The number of hydrogen-bond donors (Lipinski definition) is 2. The van der Waals surface area contributed by atoms with Crippen LogP contribution in [0.5, 0.6) is 0 Å². The highest BCUT2D eigenvalue weighted by atomic mass is 16.2. The fourth-order valence-electron chi connectivity index (χ4n) is 4.15. The lowest BCUT2D eigenvalue weighted by atomic mass is 10.1. The number of amides is 2. The van der Waals surface area contributed by atoms with Crippen LogP contribution in [0.3, 0.4) is 0 Å². The first-order valence-corrected chi connectivity index (χ1v) is 11.2. The van der Waals surface area contributed by atoms with Crippen LogP contribution in [0.15, 0.2) is 65.7 Å². The Hall–Kier alpha value is -4.20. The number of aromatic nitrogens is 3. The molecule has 0 unspecified atom stereocenters. The molecular weight excluding hydrogens is 430 g/mol. The van der Waals surface area contributed by atoms with Crippen LogP contribution >= 0.6 is 0 Å². The van der Waals surface area contributed by atoms with Gasteiger partial charge in [0.15, 0.2) is 0 Å². The summed E-state index contributed by atoms with van der Waals surface area (Å²) in [4.78, 5) is 38.8. The Bertz CT molecular complexity index is 1420. The van der Waals surface area contributed by atoms with Gasteiger partial charge >= 0.3 is 0 Å². The molecule has 2 aromatic heterocycles. The normalized spacial score (nSPS) is 10.9. The number of nitrogens with zero attached hydrogens (tertiary/aromatic N) is 3. The molecule has 0 saturated carbocycles. The summed E-state index contributed by atoms with van der Waals surface area (Å²) in [7, 11) is 0. The van der Waals surface area contributed by atoms with E-state index in [4.69, 9.17) is 0 Å². The molecule has 2 amide bonds. The van der Waals surface area contributed by atoms with Crippen LogP contribution in [0.2, 0.25) is 0 Å². The van der Waals surface area contributed by atoms with E-state index in [9.17, 15) is 14.4 Å². The lowest BCUT2D eigenvalue weighted by Gasteiger charge is -2.10. The Kier molecular flexibility index (Phi) is 6.58. The zero-order valence-electron chi connectivity index (χ0n) is 19.5. The van der Waals surface area contributed by atoms with Crippen LogP contribution in [0.4, 0.5) is 5.69 Å². The quantitative estimate of drug-likeness (QED) is 0.445. The van der Waals surface area contributed by atoms with E-state index in [1.807, 2.05) is 61.5 Å². The number of benzene rings is 2. The number of carbonyl (C=O) groups is 2. The number of anilines is 1. The number of carbonyl (C=O) groups excluding carboxylic acids is 2. The van der Waals surface area contributed by atoms with Gasteiger partial charge in [-0.3, -0.25) is 18.8 Å². The number of aryl methyl sites for hydroxylation is 3. The van der Waals surface area contributed by atoms with Gasteiger partial charge in [0.1, 0.15) is 18.4 Å². The van der Waals surface area contributed by atoms with Crippen molar-refractivity contribution in [1.82, 2.24) is 19.5 Å². The van der Waals surface area contributed by atoms with Crippen molar-refractivity contribution in [2.24, 2.45) is 0 Å². The summed E-state index contributed by atoms with van der Waals surface area (Å²) in [6, 6.07) is 17.2. The Morgan fingerprint density at radius 2 is 1.71 bits per heavy atom. The van der Waals surface area contributed by atoms with Crippen LogP contribution in [0.1, 0.15) is 39.7 Å². The van der Waals surface area contributed by atoms with Gasteiger partial charge in [-0.15, -0.1) is 0 Å². The van der Waals surface area contributed by atoms with Crippen molar-refractivity contribution in [2.75, 3.05) is 5.32 Å².